The van der Waals surface area contributed by atoms with E-state index >= 15 is 0 Å². The average molecular weight is 238 g/mol. The number of nitrogens with two attached hydrogens (primary N) is 2. The first-order valence-corrected chi connectivity index (χ1v) is 5.26. The molecule has 0 aliphatic heterocycles. The second-order valence-electron chi connectivity index (χ2n) is 3.84. The summed E-state index contributed by atoms with van der Waals surface area (Å²) in [7, 11) is 3.12. The van der Waals surface area contributed by atoms with Crippen LogP contribution in [0.4, 0.5) is 0 Å². The predicted octanol–water partition coefficient (Wildman–Crippen LogP) is 0.887. The van der Waals surface area contributed by atoms with E-state index in [9.17, 15) is 4.79 Å². The number of primary amides is 1. The highest BCUT2D eigenvalue weighted by atomic mass is 16.5. The summed E-state index contributed by atoms with van der Waals surface area (Å²) in [5, 5.41) is 0. The Kier molecular flexibility index (Phi) is 4.34. The highest BCUT2D eigenvalue weighted by molar-refractivity contribution is 5.74. The van der Waals surface area contributed by atoms with Crippen LogP contribution in [0.2, 0.25) is 0 Å². The third-order valence-corrected chi connectivity index (χ3v) is 2.59. The summed E-state index contributed by atoms with van der Waals surface area (Å²) in [5.41, 5.74) is 12.8. The van der Waals surface area contributed by atoms with Crippen LogP contribution < -0.4 is 20.9 Å². The lowest BCUT2D eigenvalue weighted by Gasteiger charge is -2.16. The number of hydrogen-bond donors (Lipinski definition) is 2. The Balaban J connectivity index is 3.11. The molecule has 0 fully saturated rings. The van der Waals surface area contributed by atoms with Gasteiger partial charge in [-0.15, -0.1) is 0 Å². The van der Waals surface area contributed by atoms with Crippen LogP contribution in [0, 0.1) is 6.92 Å². The zero-order valence-electron chi connectivity index (χ0n) is 10.3. The molecule has 0 aromatic heterocycles. The SMILES string of the molecule is COc1cc(C)c(C(N)CC(N)=O)cc1OC. The minimum absolute atomic E-state index is 0.107. The fourth-order valence-corrected chi connectivity index (χ4v) is 1.72. The van der Waals surface area contributed by atoms with E-state index in [0.29, 0.717) is 11.5 Å². The molecule has 1 aromatic carbocycles. The van der Waals surface area contributed by atoms with E-state index in [0.717, 1.165) is 11.1 Å². The molecule has 1 rings (SSSR count). The van der Waals surface area contributed by atoms with Crippen LogP contribution in [0.15, 0.2) is 12.1 Å². The highest BCUT2D eigenvalue weighted by Gasteiger charge is 2.15. The first-order chi connectivity index (χ1) is 7.99. The Morgan fingerprint density at radius 3 is 2.29 bits per heavy atom. The summed E-state index contributed by atoms with van der Waals surface area (Å²) in [4.78, 5) is 10.9. The van der Waals surface area contributed by atoms with Gasteiger partial charge in [0.1, 0.15) is 0 Å². The van der Waals surface area contributed by atoms with Gasteiger partial charge in [-0.05, 0) is 30.2 Å². The Morgan fingerprint density at radius 1 is 1.29 bits per heavy atom. The molecule has 4 N–H and O–H groups in total. The van der Waals surface area contributed by atoms with Gasteiger partial charge in [-0.1, -0.05) is 0 Å². The molecular formula is C12H18N2O3. The number of amides is 1. The van der Waals surface area contributed by atoms with E-state index in [1.807, 2.05) is 13.0 Å². The van der Waals surface area contributed by atoms with Crippen molar-refractivity contribution in [3.05, 3.63) is 23.3 Å². The molecule has 0 heterocycles. The van der Waals surface area contributed by atoms with Crippen molar-refractivity contribution < 1.29 is 14.3 Å². The quantitative estimate of drug-likeness (QED) is 0.797. The summed E-state index contributed by atoms with van der Waals surface area (Å²) in [6.07, 6.45) is 0.107. The van der Waals surface area contributed by atoms with Crippen LogP contribution in [0.25, 0.3) is 0 Å². The van der Waals surface area contributed by atoms with E-state index in [-0.39, 0.29) is 6.42 Å². The van der Waals surface area contributed by atoms with Crippen molar-refractivity contribution in [2.75, 3.05) is 14.2 Å². The normalized spacial score (nSPS) is 12.0. The molecule has 0 radical (unpaired) electrons. The van der Waals surface area contributed by atoms with E-state index in [2.05, 4.69) is 0 Å². The molecule has 1 atom stereocenters. The number of aryl methyl sites for hydroxylation is 1. The van der Waals surface area contributed by atoms with Crippen molar-refractivity contribution in [2.24, 2.45) is 11.5 Å². The zero-order valence-corrected chi connectivity index (χ0v) is 10.3. The van der Waals surface area contributed by atoms with Crippen LogP contribution in [0.3, 0.4) is 0 Å². The number of rotatable bonds is 5. The zero-order chi connectivity index (χ0) is 13.0. The van der Waals surface area contributed by atoms with Gasteiger partial charge < -0.3 is 20.9 Å². The van der Waals surface area contributed by atoms with Crippen molar-refractivity contribution in [1.82, 2.24) is 0 Å². The Morgan fingerprint density at radius 2 is 1.82 bits per heavy atom. The van der Waals surface area contributed by atoms with Crippen molar-refractivity contribution in [2.45, 2.75) is 19.4 Å². The van der Waals surface area contributed by atoms with Crippen LogP contribution in [-0.2, 0) is 4.79 Å². The molecule has 94 valence electrons. The first-order valence-electron chi connectivity index (χ1n) is 5.26. The lowest BCUT2D eigenvalue weighted by molar-refractivity contribution is -0.118. The van der Waals surface area contributed by atoms with Crippen molar-refractivity contribution in [1.29, 1.82) is 0 Å². The summed E-state index contributed by atoms with van der Waals surface area (Å²) in [6.45, 7) is 1.90. The van der Waals surface area contributed by atoms with E-state index < -0.39 is 11.9 Å². The van der Waals surface area contributed by atoms with Gasteiger partial charge >= 0.3 is 0 Å². The Hall–Kier alpha value is -1.75. The molecule has 5 heteroatoms. The van der Waals surface area contributed by atoms with Gasteiger partial charge in [-0.3, -0.25) is 4.79 Å². The molecule has 1 unspecified atom stereocenters. The van der Waals surface area contributed by atoms with Gasteiger partial charge in [0.25, 0.3) is 0 Å². The fourth-order valence-electron chi connectivity index (χ4n) is 1.72. The van der Waals surface area contributed by atoms with Crippen LogP contribution in [0.1, 0.15) is 23.6 Å². The smallest absolute Gasteiger partial charge is 0.219 e. The van der Waals surface area contributed by atoms with Crippen LogP contribution in [-0.4, -0.2) is 20.1 Å². The maximum atomic E-state index is 10.9. The van der Waals surface area contributed by atoms with E-state index in [4.69, 9.17) is 20.9 Å². The summed E-state index contributed by atoms with van der Waals surface area (Å²) < 4.78 is 10.4. The molecule has 0 saturated carbocycles. The number of carbonyl (C=O) groups is 1. The molecule has 0 aliphatic rings. The van der Waals surface area contributed by atoms with Gasteiger partial charge in [0, 0.05) is 12.5 Å². The third kappa shape index (κ3) is 3.10. The van der Waals surface area contributed by atoms with Crippen molar-refractivity contribution in [3.63, 3.8) is 0 Å². The number of methoxy groups -OCH3 is 2. The lowest BCUT2D eigenvalue weighted by Crippen LogP contribution is -2.21. The molecular weight excluding hydrogens is 220 g/mol. The number of hydrogen-bond acceptors (Lipinski definition) is 4. The maximum Gasteiger partial charge on any atom is 0.219 e. The maximum absolute atomic E-state index is 10.9. The van der Waals surface area contributed by atoms with Gasteiger partial charge in [-0.2, -0.15) is 0 Å². The largest absolute Gasteiger partial charge is 0.493 e. The topological polar surface area (TPSA) is 87.6 Å². The molecule has 0 bridgehead atoms. The van der Waals surface area contributed by atoms with Gasteiger partial charge in [-0.25, -0.2) is 0 Å². The first kappa shape index (κ1) is 13.3. The van der Waals surface area contributed by atoms with Crippen molar-refractivity contribution >= 4 is 5.91 Å². The summed E-state index contributed by atoms with van der Waals surface area (Å²) >= 11 is 0. The Labute approximate surface area is 101 Å². The highest BCUT2D eigenvalue weighted by Crippen LogP contribution is 2.32. The molecule has 1 amide bonds. The Bertz CT molecular complexity index is 418. The van der Waals surface area contributed by atoms with Gasteiger partial charge in [0.15, 0.2) is 11.5 Å². The second-order valence-corrected chi connectivity index (χ2v) is 3.84. The number of ether oxygens (including phenoxy) is 2. The minimum Gasteiger partial charge on any atom is -0.493 e. The molecule has 0 aliphatic carbocycles. The van der Waals surface area contributed by atoms with Crippen molar-refractivity contribution in [3.8, 4) is 11.5 Å². The third-order valence-electron chi connectivity index (χ3n) is 2.59. The van der Waals surface area contributed by atoms with Gasteiger partial charge in [0.05, 0.1) is 14.2 Å². The van der Waals surface area contributed by atoms with Crippen LogP contribution >= 0.6 is 0 Å². The van der Waals surface area contributed by atoms with Crippen LogP contribution in [0.5, 0.6) is 11.5 Å². The molecule has 17 heavy (non-hydrogen) atoms. The fraction of sp³-hybridized carbons (Fsp3) is 0.417. The van der Waals surface area contributed by atoms with E-state index in [1.54, 1.807) is 20.3 Å². The molecule has 1 aromatic rings. The standard InChI is InChI=1S/C12H18N2O3/c1-7-4-10(16-2)11(17-3)5-8(7)9(13)6-12(14)15/h4-5,9H,6,13H2,1-3H3,(H2,14,15). The van der Waals surface area contributed by atoms with Gasteiger partial charge in [0.2, 0.25) is 5.91 Å². The monoisotopic (exact) mass is 238 g/mol. The lowest BCUT2D eigenvalue weighted by atomic mass is 9.98. The molecule has 0 spiro atoms. The molecule has 0 saturated heterocycles. The summed E-state index contributed by atoms with van der Waals surface area (Å²) in [6, 6.07) is 3.18. The predicted molar refractivity (Wildman–Crippen MR) is 65.0 cm³/mol. The number of benzene rings is 1. The minimum atomic E-state index is -0.424. The second kappa shape index (κ2) is 5.54. The average Bonchev–Trinajstić information content (AvgIpc) is 2.27. The summed E-state index contributed by atoms with van der Waals surface area (Å²) in [5.74, 6) is 0.805. The van der Waals surface area contributed by atoms with E-state index in [1.165, 1.54) is 0 Å². The molecule has 5 nitrogen and oxygen atoms in total. The number of carbonyl (C=O) groups excluding carboxylic acids is 1.